The number of aryl methyl sites for hydroxylation is 2. The number of hydrogen-bond donors (Lipinski definition) is 1. The van der Waals surface area contributed by atoms with Gasteiger partial charge in [0.15, 0.2) is 0 Å². The predicted octanol–water partition coefficient (Wildman–Crippen LogP) is 2.73. The molecule has 1 aromatic carbocycles. The van der Waals surface area contributed by atoms with Crippen molar-refractivity contribution >= 4 is 16.8 Å². The summed E-state index contributed by atoms with van der Waals surface area (Å²) in [6, 6.07) is 8.34. The number of carbonyl (C=O) groups excluding carboxylic acids is 1. The molecule has 1 atom stereocenters. The summed E-state index contributed by atoms with van der Waals surface area (Å²) >= 11 is 0. The first-order valence-electron chi connectivity index (χ1n) is 8.55. The Balaban J connectivity index is 1.59. The Morgan fingerprint density at radius 2 is 2.00 bits per heavy atom. The van der Waals surface area contributed by atoms with Gasteiger partial charge in [-0.3, -0.25) is 4.79 Å². The molecular formula is C19H26N2O2. The standard InChI is InChI=1S/C19H26N2O2/c1-14(22)15-9-11-21(12-10-15)19(23)8-7-16-13-20(2)18-6-4-3-5-17(16)18/h3-6,13-15,22H,7-12H2,1-2H3. The van der Waals surface area contributed by atoms with Crippen LogP contribution in [-0.4, -0.2) is 39.7 Å². The van der Waals surface area contributed by atoms with Crippen LogP contribution >= 0.6 is 0 Å². The minimum absolute atomic E-state index is 0.238. The van der Waals surface area contributed by atoms with Gasteiger partial charge in [-0.25, -0.2) is 0 Å². The second-order valence-electron chi connectivity index (χ2n) is 6.74. The Morgan fingerprint density at radius 3 is 2.70 bits per heavy atom. The number of piperidine rings is 1. The lowest BCUT2D eigenvalue weighted by molar-refractivity contribution is -0.133. The zero-order chi connectivity index (χ0) is 16.4. The molecule has 1 N–H and O–H groups in total. The van der Waals surface area contributed by atoms with Crippen LogP contribution in [0.3, 0.4) is 0 Å². The number of rotatable bonds is 4. The van der Waals surface area contributed by atoms with Crippen LogP contribution in [-0.2, 0) is 18.3 Å². The maximum Gasteiger partial charge on any atom is 0.222 e. The fraction of sp³-hybridized carbons (Fsp3) is 0.526. The number of likely N-dealkylation sites (tertiary alicyclic amines) is 1. The fourth-order valence-electron chi connectivity index (χ4n) is 3.66. The molecule has 1 amide bonds. The third-order valence-corrected chi connectivity index (χ3v) is 5.16. The summed E-state index contributed by atoms with van der Waals surface area (Å²) in [6.07, 6.45) is 5.06. The third-order valence-electron chi connectivity index (χ3n) is 5.16. The molecule has 2 aromatic rings. The highest BCUT2D eigenvalue weighted by Gasteiger charge is 2.25. The van der Waals surface area contributed by atoms with Crippen molar-refractivity contribution in [1.29, 1.82) is 0 Å². The van der Waals surface area contributed by atoms with E-state index >= 15 is 0 Å². The number of para-hydroxylation sites is 1. The average molecular weight is 314 g/mol. The number of aliphatic hydroxyl groups excluding tert-OH is 1. The summed E-state index contributed by atoms with van der Waals surface area (Å²) in [4.78, 5) is 14.4. The predicted molar refractivity (Wildman–Crippen MR) is 92.2 cm³/mol. The quantitative estimate of drug-likeness (QED) is 0.943. The Labute approximate surface area is 137 Å². The largest absolute Gasteiger partial charge is 0.393 e. The minimum Gasteiger partial charge on any atom is -0.393 e. The van der Waals surface area contributed by atoms with Crippen molar-refractivity contribution in [3.05, 3.63) is 36.0 Å². The molecule has 1 aromatic heterocycles. The van der Waals surface area contributed by atoms with Crippen LogP contribution < -0.4 is 0 Å². The molecule has 4 nitrogen and oxygen atoms in total. The number of hydrogen-bond acceptors (Lipinski definition) is 2. The first-order chi connectivity index (χ1) is 11.1. The van der Waals surface area contributed by atoms with Crippen molar-refractivity contribution in [2.24, 2.45) is 13.0 Å². The van der Waals surface area contributed by atoms with Crippen LogP contribution in [0.15, 0.2) is 30.5 Å². The molecule has 0 aliphatic carbocycles. The van der Waals surface area contributed by atoms with Crippen LogP contribution in [0.1, 0.15) is 31.7 Å². The Bertz CT molecular complexity index is 682. The van der Waals surface area contributed by atoms with Crippen molar-refractivity contribution in [3.8, 4) is 0 Å². The van der Waals surface area contributed by atoms with E-state index < -0.39 is 0 Å². The van der Waals surface area contributed by atoms with E-state index in [4.69, 9.17) is 0 Å². The van der Waals surface area contributed by atoms with Crippen LogP contribution in [0.4, 0.5) is 0 Å². The summed E-state index contributed by atoms with van der Waals surface area (Å²) < 4.78 is 2.13. The molecule has 0 bridgehead atoms. The lowest BCUT2D eigenvalue weighted by Gasteiger charge is -2.33. The van der Waals surface area contributed by atoms with E-state index in [1.807, 2.05) is 17.9 Å². The number of aromatic nitrogens is 1. The van der Waals surface area contributed by atoms with E-state index in [2.05, 4.69) is 36.0 Å². The van der Waals surface area contributed by atoms with E-state index in [1.54, 1.807) is 0 Å². The normalized spacial score (nSPS) is 17.6. The van der Waals surface area contributed by atoms with E-state index in [1.165, 1.54) is 16.5 Å². The summed E-state index contributed by atoms with van der Waals surface area (Å²) in [7, 11) is 2.05. The van der Waals surface area contributed by atoms with Crippen LogP contribution in [0.5, 0.6) is 0 Å². The van der Waals surface area contributed by atoms with Gasteiger partial charge in [0.2, 0.25) is 5.91 Å². The zero-order valence-corrected chi connectivity index (χ0v) is 14.0. The SMILES string of the molecule is CC(O)C1CCN(C(=O)CCc2cn(C)c3ccccc23)CC1. The molecule has 2 heterocycles. The van der Waals surface area contributed by atoms with Crippen LogP contribution in [0.25, 0.3) is 10.9 Å². The molecule has 0 radical (unpaired) electrons. The lowest BCUT2D eigenvalue weighted by Crippen LogP contribution is -2.40. The summed E-state index contributed by atoms with van der Waals surface area (Å²) in [6.45, 7) is 3.41. The van der Waals surface area contributed by atoms with Gasteiger partial charge in [0.25, 0.3) is 0 Å². The maximum atomic E-state index is 12.4. The number of amides is 1. The van der Waals surface area contributed by atoms with Crippen molar-refractivity contribution in [3.63, 3.8) is 0 Å². The van der Waals surface area contributed by atoms with E-state index in [9.17, 15) is 9.90 Å². The number of fused-ring (bicyclic) bond motifs is 1. The summed E-state index contributed by atoms with van der Waals surface area (Å²) in [5.74, 6) is 0.582. The zero-order valence-electron chi connectivity index (χ0n) is 14.0. The lowest BCUT2D eigenvalue weighted by atomic mass is 9.92. The molecule has 1 aliphatic heterocycles. The second-order valence-corrected chi connectivity index (χ2v) is 6.74. The van der Waals surface area contributed by atoms with E-state index in [0.29, 0.717) is 12.3 Å². The first-order valence-corrected chi connectivity index (χ1v) is 8.55. The molecule has 3 rings (SSSR count). The van der Waals surface area contributed by atoms with Gasteiger partial charge in [-0.15, -0.1) is 0 Å². The Kier molecular flexibility index (Phi) is 4.71. The van der Waals surface area contributed by atoms with Crippen LogP contribution in [0.2, 0.25) is 0 Å². The Morgan fingerprint density at radius 1 is 1.30 bits per heavy atom. The number of carbonyl (C=O) groups is 1. The van der Waals surface area contributed by atoms with Crippen LogP contribution in [0, 0.1) is 5.92 Å². The monoisotopic (exact) mass is 314 g/mol. The van der Waals surface area contributed by atoms with Gasteiger partial charge in [0.1, 0.15) is 0 Å². The molecule has 1 unspecified atom stereocenters. The molecule has 1 fully saturated rings. The Hall–Kier alpha value is -1.81. The summed E-state index contributed by atoms with van der Waals surface area (Å²) in [5.41, 5.74) is 2.46. The second kappa shape index (κ2) is 6.75. The fourth-order valence-corrected chi connectivity index (χ4v) is 3.66. The number of benzene rings is 1. The van der Waals surface area contributed by atoms with Crippen molar-refractivity contribution in [2.45, 2.75) is 38.7 Å². The van der Waals surface area contributed by atoms with Gasteiger partial charge in [0, 0.05) is 43.7 Å². The van der Waals surface area contributed by atoms with Crippen molar-refractivity contribution in [2.75, 3.05) is 13.1 Å². The van der Waals surface area contributed by atoms with E-state index in [-0.39, 0.29) is 12.0 Å². The minimum atomic E-state index is -0.261. The van der Waals surface area contributed by atoms with E-state index in [0.717, 1.165) is 32.4 Å². The average Bonchev–Trinajstić information content (AvgIpc) is 2.89. The van der Waals surface area contributed by atoms with Gasteiger partial charge in [-0.05, 0) is 43.7 Å². The molecule has 23 heavy (non-hydrogen) atoms. The highest BCUT2D eigenvalue weighted by Crippen LogP contribution is 2.23. The molecule has 1 aliphatic rings. The number of aliphatic hydroxyl groups is 1. The van der Waals surface area contributed by atoms with Gasteiger partial charge in [0.05, 0.1) is 6.10 Å². The molecule has 1 saturated heterocycles. The summed E-state index contributed by atoms with van der Waals surface area (Å²) in [5, 5.41) is 10.9. The number of nitrogens with zero attached hydrogens (tertiary/aromatic N) is 2. The van der Waals surface area contributed by atoms with Gasteiger partial charge < -0.3 is 14.6 Å². The molecule has 0 saturated carbocycles. The maximum absolute atomic E-state index is 12.4. The van der Waals surface area contributed by atoms with Crippen molar-refractivity contribution in [1.82, 2.24) is 9.47 Å². The third kappa shape index (κ3) is 3.42. The van der Waals surface area contributed by atoms with Crippen molar-refractivity contribution < 1.29 is 9.90 Å². The van der Waals surface area contributed by atoms with Gasteiger partial charge in [-0.2, -0.15) is 0 Å². The first kappa shape index (κ1) is 16.1. The highest BCUT2D eigenvalue weighted by molar-refractivity contribution is 5.85. The molecule has 4 heteroatoms. The molecule has 0 spiro atoms. The van der Waals surface area contributed by atoms with Gasteiger partial charge in [-0.1, -0.05) is 18.2 Å². The highest BCUT2D eigenvalue weighted by atomic mass is 16.3. The van der Waals surface area contributed by atoms with Gasteiger partial charge >= 0.3 is 0 Å². The topological polar surface area (TPSA) is 45.5 Å². The molecule has 124 valence electrons. The molecular weight excluding hydrogens is 288 g/mol. The smallest absolute Gasteiger partial charge is 0.222 e.